The van der Waals surface area contributed by atoms with Crippen LogP contribution in [0.1, 0.15) is 15.7 Å². The fourth-order valence-corrected chi connectivity index (χ4v) is 4.46. The lowest BCUT2D eigenvalue weighted by Crippen LogP contribution is -2.17. The fraction of sp³-hybridized carbons (Fsp3) is 0.200. The number of rotatable bonds is 7. The van der Waals surface area contributed by atoms with Crippen molar-refractivity contribution in [2.45, 2.75) is 19.7 Å². The van der Waals surface area contributed by atoms with Crippen LogP contribution in [0, 0.1) is 5.82 Å². The molecule has 4 nitrogen and oxygen atoms in total. The van der Waals surface area contributed by atoms with Crippen molar-refractivity contribution in [1.82, 2.24) is 14.9 Å². The van der Waals surface area contributed by atoms with Crippen LogP contribution >= 0.6 is 22.7 Å². The number of para-hydroxylation sites is 1. The van der Waals surface area contributed by atoms with E-state index in [1.165, 1.54) is 16.8 Å². The highest BCUT2D eigenvalue weighted by Crippen LogP contribution is 2.23. The Morgan fingerprint density at radius 1 is 1.00 bits per heavy atom. The molecule has 0 aliphatic rings. The van der Waals surface area contributed by atoms with Crippen molar-refractivity contribution in [2.75, 3.05) is 7.05 Å². The normalized spacial score (nSPS) is 11.4. The van der Waals surface area contributed by atoms with Crippen LogP contribution in [-0.4, -0.2) is 21.9 Å². The molecule has 0 amide bonds. The smallest absolute Gasteiger partial charge is 0.140 e. The van der Waals surface area contributed by atoms with Crippen LogP contribution in [0.25, 0.3) is 10.2 Å². The third-order valence-corrected chi connectivity index (χ3v) is 5.84. The predicted molar refractivity (Wildman–Crippen MR) is 108 cm³/mol. The SMILES string of the molecule is CN(Cc1csc(COc2ccc(F)cc2)n1)Cc1nc2ccccc2s1. The van der Waals surface area contributed by atoms with Gasteiger partial charge in [0.25, 0.3) is 0 Å². The summed E-state index contributed by atoms with van der Waals surface area (Å²) in [6.45, 7) is 1.93. The molecule has 0 saturated heterocycles. The van der Waals surface area contributed by atoms with Crippen molar-refractivity contribution in [3.05, 3.63) is 75.4 Å². The molecule has 0 radical (unpaired) electrons. The largest absolute Gasteiger partial charge is 0.486 e. The summed E-state index contributed by atoms with van der Waals surface area (Å²) in [5, 5.41) is 4.06. The third kappa shape index (κ3) is 4.68. The maximum Gasteiger partial charge on any atom is 0.140 e. The number of benzene rings is 2. The first-order valence-electron chi connectivity index (χ1n) is 8.50. The van der Waals surface area contributed by atoms with Gasteiger partial charge in [-0.25, -0.2) is 14.4 Å². The molecule has 2 heterocycles. The maximum atomic E-state index is 12.9. The molecule has 0 aliphatic carbocycles. The number of halogens is 1. The molecule has 4 aromatic rings. The maximum absolute atomic E-state index is 12.9. The lowest BCUT2D eigenvalue weighted by atomic mass is 10.3. The Balaban J connectivity index is 1.32. The summed E-state index contributed by atoms with van der Waals surface area (Å²) < 4.78 is 19.8. The van der Waals surface area contributed by atoms with Crippen LogP contribution in [-0.2, 0) is 19.7 Å². The highest BCUT2D eigenvalue weighted by molar-refractivity contribution is 7.18. The Hall–Kier alpha value is -2.35. The van der Waals surface area contributed by atoms with Crippen LogP contribution < -0.4 is 4.74 Å². The molecule has 7 heteroatoms. The topological polar surface area (TPSA) is 38.2 Å². The first-order valence-corrected chi connectivity index (χ1v) is 10.2. The monoisotopic (exact) mass is 399 g/mol. The van der Waals surface area contributed by atoms with Gasteiger partial charge in [0.2, 0.25) is 0 Å². The zero-order valence-corrected chi connectivity index (χ0v) is 16.4. The second kappa shape index (κ2) is 8.12. The number of aromatic nitrogens is 2. The van der Waals surface area contributed by atoms with E-state index in [9.17, 15) is 4.39 Å². The molecule has 0 bridgehead atoms. The van der Waals surface area contributed by atoms with E-state index in [2.05, 4.69) is 33.4 Å². The Labute approximate surface area is 164 Å². The number of ether oxygens (including phenoxy) is 1. The van der Waals surface area contributed by atoms with Crippen LogP contribution in [0.4, 0.5) is 4.39 Å². The fourth-order valence-electron chi connectivity index (χ4n) is 2.71. The number of nitrogens with zero attached hydrogens (tertiary/aromatic N) is 3. The summed E-state index contributed by atoms with van der Waals surface area (Å²) in [7, 11) is 2.07. The van der Waals surface area contributed by atoms with E-state index < -0.39 is 0 Å². The molecular formula is C20H18FN3OS2. The standard InChI is InChI=1S/C20H18FN3OS2/c1-24(11-19-23-17-4-2-3-5-18(17)27-19)10-15-13-26-20(22-15)12-25-16-8-6-14(21)7-9-16/h2-9,13H,10-12H2,1H3. The van der Waals surface area contributed by atoms with Gasteiger partial charge in [0.15, 0.2) is 0 Å². The second-order valence-electron chi connectivity index (χ2n) is 6.22. The summed E-state index contributed by atoms with van der Waals surface area (Å²) >= 11 is 3.30. The molecular weight excluding hydrogens is 381 g/mol. The van der Waals surface area contributed by atoms with E-state index in [0.717, 1.165) is 34.3 Å². The van der Waals surface area contributed by atoms with Gasteiger partial charge < -0.3 is 4.74 Å². The van der Waals surface area contributed by atoms with E-state index in [0.29, 0.717) is 12.4 Å². The average Bonchev–Trinajstić information content (AvgIpc) is 3.27. The van der Waals surface area contributed by atoms with Gasteiger partial charge >= 0.3 is 0 Å². The van der Waals surface area contributed by atoms with E-state index in [1.54, 1.807) is 34.8 Å². The van der Waals surface area contributed by atoms with Crippen molar-refractivity contribution in [3.63, 3.8) is 0 Å². The summed E-state index contributed by atoms with van der Waals surface area (Å²) in [6.07, 6.45) is 0. The van der Waals surface area contributed by atoms with Crippen LogP contribution in [0.2, 0.25) is 0 Å². The highest BCUT2D eigenvalue weighted by atomic mass is 32.1. The first-order chi connectivity index (χ1) is 13.2. The van der Waals surface area contributed by atoms with Crippen LogP contribution in [0.15, 0.2) is 53.9 Å². The molecule has 138 valence electrons. The van der Waals surface area contributed by atoms with Gasteiger partial charge in [-0.1, -0.05) is 12.1 Å². The molecule has 4 rings (SSSR count). The van der Waals surface area contributed by atoms with E-state index in [4.69, 9.17) is 4.74 Å². The first kappa shape index (κ1) is 18.0. The van der Waals surface area contributed by atoms with Crippen molar-refractivity contribution in [3.8, 4) is 5.75 Å². The molecule has 0 atom stereocenters. The predicted octanol–water partition coefficient (Wildman–Crippen LogP) is 5.10. The van der Waals surface area contributed by atoms with E-state index >= 15 is 0 Å². The van der Waals surface area contributed by atoms with Crippen LogP contribution in [0.3, 0.4) is 0 Å². The van der Waals surface area contributed by atoms with Gasteiger partial charge in [0.05, 0.1) is 22.5 Å². The average molecular weight is 400 g/mol. The van der Waals surface area contributed by atoms with Crippen molar-refractivity contribution >= 4 is 32.9 Å². The van der Waals surface area contributed by atoms with Crippen molar-refractivity contribution in [2.24, 2.45) is 0 Å². The third-order valence-electron chi connectivity index (χ3n) is 3.95. The minimum absolute atomic E-state index is 0.268. The molecule has 0 saturated carbocycles. The molecule has 0 fully saturated rings. The van der Waals surface area contributed by atoms with Crippen molar-refractivity contribution in [1.29, 1.82) is 0 Å². The zero-order chi connectivity index (χ0) is 18.6. The molecule has 0 unspecified atom stereocenters. The van der Waals surface area contributed by atoms with Gasteiger partial charge in [0, 0.05) is 11.9 Å². The number of thiazole rings is 2. The van der Waals surface area contributed by atoms with Gasteiger partial charge in [-0.2, -0.15) is 0 Å². The Morgan fingerprint density at radius 3 is 2.63 bits per heavy atom. The Morgan fingerprint density at radius 2 is 1.81 bits per heavy atom. The van der Waals surface area contributed by atoms with E-state index in [1.807, 2.05) is 18.2 Å². The van der Waals surface area contributed by atoms with Gasteiger partial charge in [-0.15, -0.1) is 22.7 Å². The summed E-state index contributed by atoms with van der Waals surface area (Å²) in [5.74, 6) is 0.371. The minimum Gasteiger partial charge on any atom is -0.486 e. The quantitative estimate of drug-likeness (QED) is 0.433. The summed E-state index contributed by atoms with van der Waals surface area (Å²) in [6, 6.07) is 14.2. The molecule has 0 N–H and O–H groups in total. The molecule has 0 spiro atoms. The number of hydrogen-bond donors (Lipinski definition) is 0. The zero-order valence-electron chi connectivity index (χ0n) is 14.8. The lowest BCUT2D eigenvalue weighted by molar-refractivity contribution is 0.300. The number of fused-ring (bicyclic) bond motifs is 1. The van der Waals surface area contributed by atoms with Gasteiger partial charge in [0.1, 0.15) is 28.2 Å². The summed E-state index contributed by atoms with van der Waals surface area (Å²) in [4.78, 5) is 11.5. The Kier molecular flexibility index (Phi) is 5.42. The van der Waals surface area contributed by atoms with Crippen LogP contribution in [0.5, 0.6) is 5.75 Å². The molecule has 2 aromatic heterocycles. The second-order valence-corrected chi connectivity index (χ2v) is 8.28. The Bertz CT molecular complexity index is 996. The minimum atomic E-state index is -0.268. The molecule has 0 aliphatic heterocycles. The number of hydrogen-bond acceptors (Lipinski definition) is 6. The van der Waals surface area contributed by atoms with Crippen molar-refractivity contribution < 1.29 is 9.13 Å². The van der Waals surface area contributed by atoms with E-state index in [-0.39, 0.29) is 5.82 Å². The highest BCUT2D eigenvalue weighted by Gasteiger charge is 2.10. The van der Waals surface area contributed by atoms with Gasteiger partial charge in [-0.05, 0) is 43.4 Å². The van der Waals surface area contributed by atoms with Gasteiger partial charge in [-0.3, -0.25) is 4.90 Å². The molecule has 27 heavy (non-hydrogen) atoms. The molecule has 2 aromatic carbocycles. The lowest BCUT2D eigenvalue weighted by Gasteiger charge is -2.12. The summed E-state index contributed by atoms with van der Waals surface area (Å²) in [5.41, 5.74) is 2.07.